The summed E-state index contributed by atoms with van der Waals surface area (Å²) in [6.45, 7) is 2.77. The Hall–Kier alpha value is -2.54. The van der Waals surface area contributed by atoms with E-state index in [1.54, 1.807) is 17.8 Å². The zero-order chi connectivity index (χ0) is 16.5. The largest absolute Gasteiger partial charge is 0.330 e. The molecule has 0 saturated carbocycles. The summed E-state index contributed by atoms with van der Waals surface area (Å²) in [7, 11) is 1.78. The lowest BCUT2D eigenvalue weighted by molar-refractivity contribution is 0.177. The SMILES string of the molecule is Cn1c(=O)n(C2CCN(Cc3ccccn3)CC2)c2ncncc21. The minimum Gasteiger partial charge on any atom is -0.297 e. The maximum absolute atomic E-state index is 12.6. The van der Waals surface area contributed by atoms with Crippen LogP contribution in [0.15, 0.2) is 41.7 Å². The van der Waals surface area contributed by atoms with E-state index in [2.05, 4.69) is 25.9 Å². The van der Waals surface area contributed by atoms with Crippen LogP contribution in [0, 0.1) is 0 Å². The summed E-state index contributed by atoms with van der Waals surface area (Å²) in [4.78, 5) is 27.7. The van der Waals surface area contributed by atoms with Crippen LogP contribution in [-0.2, 0) is 13.6 Å². The van der Waals surface area contributed by atoms with Crippen molar-refractivity contribution >= 4 is 11.2 Å². The number of rotatable bonds is 3. The molecule has 4 heterocycles. The molecule has 7 heteroatoms. The quantitative estimate of drug-likeness (QED) is 0.728. The molecule has 0 aliphatic carbocycles. The molecule has 7 nitrogen and oxygen atoms in total. The van der Waals surface area contributed by atoms with Gasteiger partial charge in [-0.25, -0.2) is 14.8 Å². The smallest absolute Gasteiger partial charge is 0.297 e. The molecule has 0 N–H and O–H groups in total. The number of hydrogen-bond donors (Lipinski definition) is 0. The van der Waals surface area contributed by atoms with E-state index < -0.39 is 0 Å². The normalized spacial score (nSPS) is 16.7. The van der Waals surface area contributed by atoms with Gasteiger partial charge in [0.25, 0.3) is 0 Å². The Morgan fingerprint density at radius 3 is 2.79 bits per heavy atom. The number of nitrogens with zero attached hydrogens (tertiary/aromatic N) is 6. The highest BCUT2D eigenvalue weighted by Crippen LogP contribution is 2.25. The predicted molar refractivity (Wildman–Crippen MR) is 90.6 cm³/mol. The topological polar surface area (TPSA) is 68.8 Å². The average molecular weight is 324 g/mol. The van der Waals surface area contributed by atoms with Gasteiger partial charge in [-0.05, 0) is 25.0 Å². The molecule has 0 amide bonds. The van der Waals surface area contributed by atoms with Crippen molar-refractivity contribution < 1.29 is 0 Å². The van der Waals surface area contributed by atoms with Gasteiger partial charge in [-0.1, -0.05) is 6.07 Å². The predicted octanol–water partition coefficient (Wildman–Crippen LogP) is 1.36. The van der Waals surface area contributed by atoms with E-state index >= 15 is 0 Å². The van der Waals surface area contributed by atoms with Crippen LogP contribution in [0.1, 0.15) is 24.6 Å². The molecule has 0 bridgehead atoms. The van der Waals surface area contributed by atoms with Crippen molar-refractivity contribution in [1.82, 2.24) is 29.0 Å². The summed E-state index contributed by atoms with van der Waals surface area (Å²) in [5.41, 5.74) is 2.61. The first kappa shape index (κ1) is 15.0. The molecule has 0 spiro atoms. The van der Waals surface area contributed by atoms with Crippen molar-refractivity contribution in [3.05, 3.63) is 53.1 Å². The number of piperidine rings is 1. The molecule has 0 atom stereocenters. The monoisotopic (exact) mass is 324 g/mol. The lowest BCUT2D eigenvalue weighted by Gasteiger charge is -2.32. The van der Waals surface area contributed by atoms with Gasteiger partial charge in [-0.2, -0.15) is 0 Å². The van der Waals surface area contributed by atoms with Crippen LogP contribution in [0.25, 0.3) is 11.2 Å². The molecule has 124 valence electrons. The van der Waals surface area contributed by atoms with E-state index in [4.69, 9.17) is 0 Å². The molecule has 24 heavy (non-hydrogen) atoms. The summed E-state index contributed by atoms with van der Waals surface area (Å²) < 4.78 is 3.48. The first-order chi connectivity index (χ1) is 11.7. The fourth-order valence-electron chi connectivity index (χ4n) is 3.48. The third-order valence-corrected chi connectivity index (χ3v) is 4.79. The second kappa shape index (κ2) is 6.16. The van der Waals surface area contributed by atoms with E-state index in [1.807, 2.05) is 22.9 Å². The Morgan fingerprint density at radius 1 is 1.21 bits per heavy atom. The highest BCUT2D eigenvalue weighted by Gasteiger charge is 2.25. The molecular formula is C17H20N6O. The summed E-state index contributed by atoms with van der Waals surface area (Å²) in [5.74, 6) is 0. The molecule has 3 aromatic rings. The van der Waals surface area contributed by atoms with Crippen molar-refractivity contribution in [1.29, 1.82) is 0 Å². The summed E-state index contributed by atoms with van der Waals surface area (Å²) >= 11 is 0. The molecule has 0 aromatic carbocycles. The second-order valence-electron chi connectivity index (χ2n) is 6.27. The Kier molecular flexibility index (Phi) is 3.86. The van der Waals surface area contributed by atoms with Gasteiger partial charge < -0.3 is 0 Å². The van der Waals surface area contributed by atoms with Crippen LogP contribution in [0.4, 0.5) is 0 Å². The minimum absolute atomic E-state index is 0.00586. The molecular weight excluding hydrogens is 304 g/mol. The molecule has 4 rings (SSSR count). The third-order valence-electron chi connectivity index (χ3n) is 4.79. The number of aryl methyl sites for hydroxylation is 1. The maximum Gasteiger partial charge on any atom is 0.330 e. The van der Waals surface area contributed by atoms with Gasteiger partial charge in [0.2, 0.25) is 0 Å². The first-order valence-electron chi connectivity index (χ1n) is 8.23. The van der Waals surface area contributed by atoms with E-state index in [9.17, 15) is 4.79 Å². The second-order valence-corrected chi connectivity index (χ2v) is 6.27. The molecule has 0 unspecified atom stereocenters. The van der Waals surface area contributed by atoms with E-state index in [-0.39, 0.29) is 11.7 Å². The van der Waals surface area contributed by atoms with Crippen LogP contribution in [0.2, 0.25) is 0 Å². The maximum atomic E-state index is 12.6. The van der Waals surface area contributed by atoms with Gasteiger partial charge >= 0.3 is 5.69 Å². The lowest BCUT2D eigenvalue weighted by atomic mass is 10.0. The van der Waals surface area contributed by atoms with Crippen molar-refractivity contribution in [2.45, 2.75) is 25.4 Å². The van der Waals surface area contributed by atoms with Crippen molar-refractivity contribution in [3.8, 4) is 0 Å². The number of fused-ring (bicyclic) bond motifs is 1. The lowest BCUT2D eigenvalue weighted by Crippen LogP contribution is -2.37. The Bertz CT molecular complexity index is 892. The highest BCUT2D eigenvalue weighted by atomic mass is 16.1. The number of likely N-dealkylation sites (tertiary alicyclic amines) is 1. The van der Waals surface area contributed by atoms with Crippen molar-refractivity contribution in [2.24, 2.45) is 7.05 Å². The van der Waals surface area contributed by atoms with Gasteiger partial charge in [-0.3, -0.25) is 19.0 Å². The molecule has 1 saturated heterocycles. The molecule has 3 aromatic heterocycles. The first-order valence-corrected chi connectivity index (χ1v) is 8.23. The Morgan fingerprint density at radius 2 is 2.04 bits per heavy atom. The summed E-state index contributed by atoms with van der Waals surface area (Å²) in [5, 5.41) is 0. The highest BCUT2D eigenvalue weighted by molar-refractivity contribution is 5.70. The molecule has 0 radical (unpaired) electrons. The Labute approximate surface area is 139 Å². The van der Waals surface area contributed by atoms with Gasteiger partial charge in [0.05, 0.1) is 11.9 Å². The molecule has 1 fully saturated rings. The number of imidazole rings is 1. The van der Waals surface area contributed by atoms with Gasteiger partial charge in [0, 0.05) is 38.9 Å². The number of hydrogen-bond acceptors (Lipinski definition) is 5. The standard InChI is InChI=1S/C17H20N6O/c1-21-15-10-18-12-20-16(15)23(17(21)24)14-5-8-22(9-6-14)11-13-4-2-3-7-19-13/h2-4,7,10,12,14H,5-6,8-9,11H2,1H3. The van der Waals surface area contributed by atoms with Crippen molar-refractivity contribution in [3.63, 3.8) is 0 Å². The zero-order valence-electron chi connectivity index (χ0n) is 13.7. The fourth-order valence-corrected chi connectivity index (χ4v) is 3.48. The molecule has 1 aliphatic heterocycles. The van der Waals surface area contributed by atoms with Gasteiger partial charge in [0.15, 0.2) is 5.65 Å². The average Bonchev–Trinajstić information content (AvgIpc) is 2.88. The van der Waals surface area contributed by atoms with Crippen LogP contribution in [0.5, 0.6) is 0 Å². The third kappa shape index (κ3) is 2.60. The number of pyridine rings is 1. The zero-order valence-corrected chi connectivity index (χ0v) is 13.7. The fraction of sp³-hybridized carbons (Fsp3) is 0.412. The van der Waals surface area contributed by atoms with Crippen LogP contribution < -0.4 is 5.69 Å². The van der Waals surface area contributed by atoms with E-state index in [0.717, 1.165) is 49.3 Å². The van der Waals surface area contributed by atoms with Crippen LogP contribution in [0.3, 0.4) is 0 Å². The summed E-state index contributed by atoms with van der Waals surface area (Å²) in [6.07, 6.45) is 6.92. The number of aromatic nitrogens is 5. The van der Waals surface area contributed by atoms with E-state index in [1.165, 1.54) is 6.33 Å². The van der Waals surface area contributed by atoms with Crippen LogP contribution in [-0.4, -0.2) is 42.1 Å². The minimum atomic E-state index is -0.00586. The van der Waals surface area contributed by atoms with Gasteiger partial charge in [-0.15, -0.1) is 0 Å². The van der Waals surface area contributed by atoms with E-state index in [0.29, 0.717) is 0 Å². The van der Waals surface area contributed by atoms with Crippen molar-refractivity contribution in [2.75, 3.05) is 13.1 Å². The summed E-state index contributed by atoms with van der Waals surface area (Å²) in [6, 6.07) is 6.20. The van der Waals surface area contributed by atoms with Gasteiger partial charge in [0.1, 0.15) is 11.8 Å². The van der Waals surface area contributed by atoms with Crippen LogP contribution >= 0.6 is 0 Å². The molecule has 1 aliphatic rings. The Balaban J connectivity index is 1.52.